The van der Waals surface area contributed by atoms with Gasteiger partial charge < -0.3 is 15.3 Å². The van der Waals surface area contributed by atoms with Crippen LogP contribution >= 0.6 is 0 Å². The number of benzene rings is 1. The second kappa shape index (κ2) is 10.9. The van der Waals surface area contributed by atoms with Gasteiger partial charge in [0.05, 0.1) is 41.9 Å². The molecule has 1 aromatic carbocycles. The van der Waals surface area contributed by atoms with E-state index in [1.165, 1.54) is 11.6 Å². The molecular weight excluding hydrogens is 586 g/mol. The maximum atomic E-state index is 14.5. The van der Waals surface area contributed by atoms with Gasteiger partial charge in [0.1, 0.15) is 18.8 Å². The Morgan fingerprint density at radius 1 is 1.14 bits per heavy atom. The number of aliphatic hydroxyl groups excluding tert-OH is 1. The molecule has 5 heterocycles. The standard InChI is InChI=1S/C28H25F4N9O3/c1-14-5-24-34-8-17(11-41(24)37-14)16-3-4-20-19(6-16)26(15(2)42)38-40(20)13-25(43)39-12-18(29)7-21(39)27(44)36-23-10-33-9-22(35-23)28(30,31)32/h3-6,8-11,15,18,21,42H,7,12-13H2,1-2H3,(H,35,36,44)/t15?,18-,21+/m1/s1. The summed E-state index contributed by atoms with van der Waals surface area (Å²) >= 11 is 0. The normalized spacial score (nSPS) is 17.8. The van der Waals surface area contributed by atoms with E-state index in [0.717, 1.165) is 27.9 Å². The summed E-state index contributed by atoms with van der Waals surface area (Å²) in [5.74, 6) is -2.02. The van der Waals surface area contributed by atoms with Gasteiger partial charge in [-0.15, -0.1) is 0 Å². The van der Waals surface area contributed by atoms with Crippen molar-refractivity contribution in [1.82, 2.24) is 39.2 Å². The number of fused-ring (bicyclic) bond motifs is 2. The molecule has 2 amide bonds. The Hall–Kier alpha value is -4.99. The third kappa shape index (κ3) is 5.55. The number of carbonyl (C=O) groups is 2. The van der Waals surface area contributed by atoms with Crippen LogP contribution in [-0.2, 0) is 22.3 Å². The van der Waals surface area contributed by atoms with Crippen LogP contribution in [0.25, 0.3) is 27.7 Å². The Morgan fingerprint density at radius 3 is 2.68 bits per heavy atom. The third-order valence-corrected chi connectivity index (χ3v) is 7.28. The van der Waals surface area contributed by atoms with Crippen molar-refractivity contribution in [1.29, 1.82) is 0 Å². The number of alkyl halides is 4. The number of hydrogen-bond acceptors (Lipinski definition) is 8. The third-order valence-electron chi connectivity index (χ3n) is 7.28. The van der Waals surface area contributed by atoms with E-state index in [9.17, 15) is 32.3 Å². The Morgan fingerprint density at radius 2 is 1.93 bits per heavy atom. The Kier molecular flexibility index (Phi) is 7.23. The van der Waals surface area contributed by atoms with Crippen molar-refractivity contribution in [3.05, 3.63) is 66.1 Å². The SMILES string of the molecule is Cc1cc2ncc(-c3ccc4c(c3)c(C(C)O)nn4CC(=O)N3C[C@H](F)C[C@H]3C(=O)Nc3cncc(C(F)(F)F)n3)cn2n1. The van der Waals surface area contributed by atoms with Gasteiger partial charge in [0.25, 0.3) is 0 Å². The quantitative estimate of drug-likeness (QED) is 0.278. The molecule has 12 nitrogen and oxygen atoms in total. The van der Waals surface area contributed by atoms with Gasteiger partial charge in [-0.2, -0.15) is 23.4 Å². The zero-order chi connectivity index (χ0) is 31.3. The minimum absolute atomic E-state index is 0.306. The molecule has 2 N–H and O–H groups in total. The van der Waals surface area contributed by atoms with Crippen LogP contribution in [0, 0.1) is 6.92 Å². The number of nitrogens with zero attached hydrogens (tertiary/aromatic N) is 8. The lowest BCUT2D eigenvalue weighted by Gasteiger charge is -2.23. The first kappa shape index (κ1) is 29.1. The van der Waals surface area contributed by atoms with Crippen LogP contribution in [0.1, 0.15) is 36.5 Å². The summed E-state index contributed by atoms with van der Waals surface area (Å²) in [5.41, 5.74) is 2.53. The van der Waals surface area contributed by atoms with Gasteiger partial charge in [-0.1, -0.05) is 6.07 Å². The number of halogens is 4. The maximum absolute atomic E-state index is 14.5. The van der Waals surface area contributed by atoms with Gasteiger partial charge >= 0.3 is 6.18 Å². The van der Waals surface area contributed by atoms with Crippen LogP contribution < -0.4 is 5.32 Å². The number of anilines is 1. The molecule has 1 fully saturated rings. The maximum Gasteiger partial charge on any atom is 0.434 e. The number of amides is 2. The number of nitrogens with one attached hydrogen (secondary N) is 1. The Balaban J connectivity index is 1.25. The van der Waals surface area contributed by atoms with E-state index in [4.69, 9.17) is 0 Å². The molecule has 1 aliphatic heterocycles. The van der Waals surface area contributed by atoms with Crippen molar-refractivity contribution in [2.45, 2.75) is 51.3 Å². The van der Waals surface area contributed by atoms with Crippen LogP contribution in [0.5, 0.6) is 0 Å². The van der Waals surface area contributed by atoms with Crippen molar-refractivity contribution in [3.8, 4) is 11.1 Å². The van der Waals surface area contributed by atoms with E-state index in [-0.39, 0.29) is 19.5 Å². The first-order valence-electron chi connectivity index (χ1n) is 13.5. The first-order valence-corrected chi connectivity index (χ1v) is 13.5. The van der Waals surface area contributed by atoms with Gasteiger partial charge in [-0.05, 0) is 31.5 Å². The molecule has 16 heteroatoms. The zero-order valence-corrected chi connectivity index (χ0v) is 23.3. The largest absolute Gasteiger partial charge is 0.434 e. The second-order valence-corrected chi connectivity index (χ2v) is 10.6. The minimum Gasteiger partial charge on any atom is -0.387 e. The monoisotopic (exact) mass is 611 g/mol. The molecule has 0 spiro atoms. The number of hydrogen-bond donors (Lipinski definition) is 2. The molecule has 228 valence electrons. The number of aromatic nitrogens is 7. The van der Waals surface area contributed by atoms with E-state index in [2.05, 4.69) is 30.5 Å². The van der Waals surface area contributed by atoms with E-state index in [0.29, 0.717) is 28.4 Å². The number of aryl methyl sites for hydroxylation is 1. The average Bonchev–Trinajstić information content (AvgIpc) is 3.66. The molecule has 0 saturated carbocycles. The average molecular weight is 612 g/mol. The van der Waals surface area contributed by atoms with Crippen LogP contribution in [0.3, 0.4) is 0 Å². The predicted molar refractivity (Wildman–Crippen MR) is 148 cm³/mol. The summed E-state index contributed by atoms with van der Waals surface area (Å²) in [6, 6.07) is 5.89. The fourth-order valence-electron chi connectivity index (χ4n) is 5.26. The highest BCUT2D eigenvalue weighted by molar-refractivity contribution is 5.97. The summed E-state index contributed by atoms with van der Waals surface area (Å²) in [6.07, 6.45) is -2.70. The minimum atomic E-state index is -4.78. The van der Waals surface area contributed by atoms with Crippen LogP contribution in [0.2, 0.25) is 0 Å². The van der Waals surface area contributed by atoms with Crippen molar-refractivity contribution in [3.63, 3.8) is 0 Å². The highest BCUT2D eigenvalue weighted by atomic mass is 19.4. The van der Waals surface area contributed by atoms with E-state index in [1.54, 1.807) is 22.8 Å². The van der Waals surface area contributed by atoms with Crippen LogP contribution in [0.4, 0.5) is 23.4 Å². The number of likely N-dealkylation sites (tertiary alicyclic amines) is 1. The van der Waals surface area contributed by atoms with Gasteiger partial charge in [0.2, 0.25) is 11.8 Å². The smallest absolute Gasteiger partial charge is 0.387 e. The molecule has 1 unspecified atom stereocenters. The molecule has 44 heavy (non-hydrogen) atoms. The van der Waals surface area contributed by atoms with Gasteiger partial charge in [0, 0.05) is 35.8 Å². The van der Waals surface area contributed by atoms with E-state index in [1.807, 2.05) is 25.3 Å². The highest BCUT2D eigenvalue weighted by Gasteiger charge is 2.40. The van der Waals surface area contributed by atoms with Crippen LogP contribution in [0.15, 0.2) is 49.1 Å². The van der Waals surface area contributed by atoms with E-state index < -0.39 is 47.8 Å². The number of rotatable bonds is 6. The molecule has 4 aromatic heterocycles. The lowest BCUT2D eigenvalue weighted by molar-refractivity contribution is -0.141. The van der Waals surface area contributed by atoms with Crippen molar-refractivity contribution >= 4 is 34.2 Å². The Bertz CT molecular complexity index is 1900. The van der Waals surface area contributed by atoms with Crippen molar-refractivity contribution in [2.75, 3.05) is 11.9 Å². The van der Waals surface area contributed by atoms with E-state index >= 15 is 0 Å². The number of carbonyl (C=O) groups excluding carboxylic acids is 2. The fraction of sp³-hybridized carbons (Fsp3) is 0.321. The molecule has 1 aliphatic rings. The summed E-state index contributed by atoms with van der Waals surface area (Å²) in [5, 5.41) is 22.1. The van der Waals surface area contributed by atoms with Gasteiger partial charge in [-0.25, -0.2) is 18.9 Å². The summed E-state index contributed by atoms with van der Waals surface area (Å²) in [7, 11) is 0. The predicted octanol–water partition coefficient (Wildman–Crippen LogP) is 3.49. The fourth-order valence-corrected chi connectivity index (χ4v) is 5.26. The number of aliphatic hydroxyl groups is 1. The lowest BCUT2D eigenvalue weighted by atomic mass is 10.0. The van der Waals surface area contributed by atoms with Crippen molar-refractivity contribution in [2.24, 2.45) is 0 Å². The topological polar surface area (TPSA) is 143 Å². The summed E-state index contributed by atoms with van der Waals surface area (Å²) in [4.78, 5) is 38.6. The molecule has 0 bridgehead atoms. The second-order valence-electron chi connectivity index (χ2n) is 10.6. The van der Waals surface area contributed by atoms with Gasteiger partial charge in [0.15, 0.2) is 17.2 Å². The van der Waals surface area contributed by atoms with Crippen LogP contribution in [-0.4, -0.2) is 74.9 Å². The lowest BCUT2D eigenvalue weighted by Crippen LogP contribution is -2.44. The van der Waals surface area contributed by atoms with Crippen molar-refractivity contribution < 1.29 is 32.3 Å². The molecule has 0 radical (unpaired) electrons. The highest BCUT2D eigenvalue weighted by Crippen LogP contribution is 2.31. The molecule has 6 rings (SSSR count). The molecular formula is C28H25F4N9O3. The molecule has 5 aromatic rings. The summed E-state index contributed by atoms with van der Waals surface area (Å²) < 4.78 is 56.6. The summed E-state index contributed by atoms with van der Waals surface area (Å²) in [6.45, 7) is 2.62. The zero-order valence-electron chi connectivity index (χ0n) is 23.3. The first-order chi connectivity index (χ1) is 20.9. The van der Waals surface area contributed by atoms with Gasteiger partial charge in [-0.3, -0.25) is 19.3 Å². The molecule has 0 aliphatic carbocycles. The molecule has 1 saturated heterocycles. The molecule has 3 atom stereocenters. The Labute approximate surface area is 246 Å².